The predicted octanol–water partition coefficient (Wildman–Crippen LogP) is 6.54. The first-order chi connectivity index (χ1) is 15.4. The average Bonchev–Trinajstić information content (AvgIpc) is 3.38. The van der Waals surface area contributed by atoms with Gasteiger partial charge < -0.3 is 10.3 Å². The third-order valence-corrected chi connectivity index (χ3v) is 7.00. The lowest BCUT2D eigenvalue weighted by Gasteiger charge is -2.15. The zero-order chi connectivity index (χ0) is 22.4. The zero-order valence-corrected chi connectivity index (χ0v) is 19.0. The summed E-state index contributed by atoms with van der Waals surface area (Å²) in [5, 5.41) is 1.99. The third-order valence-electron chi connectivity index (χ3n) is 6.39. The van der Waals surface area contributed by atoms with Crippen molar-refractivity contribution in [3.63, 3.8) is 0 Å². The fourth-order valence-electron chi connectivity index (χ4n) is 4.72. The maximum atomic E-state index is 14.7. The van der Waals surface area contributed by atoms with Crippen molar-refractivity contribution < 1.29 is 4.39 Å². The van der Waals surface area contributed by atoms with E-state index in [1.807, 2.05) is 18.3 Å². The molecule has 0 aliphatic heterocycles. The van der Waals surface area contributed by atoms with Crippen molar-refractivity contribution in [2.75, 3.05) is 5.73 Å². The number of halogens is 3. The van der Waals surface area contributed by atoms with E-state index in [-0.39, 0.29) is 22.7 Å². The molecule has 0 saturated heterocycles. The standard InChI is InChI=1S/C24H22Cl2FN5/c1-2-14-9-16(32-6-5-17-22(26)29-12-30-24(17)32)10-15(14)4-3-13-7-20(27)18-11-19(25)23(28)31-21(18)8-13/h5-8,10-12,14,16H,2-4,9H2,1H3,(H2,28,31). The van der Waals surface area contributed by atoms with Crippen LogP contribution < -0.4 is 5.73 Å². The summed E-state index contributed by atoms with van der Waals surface area (Å²) in [5.41, 5.74) is 9.48. The van der Waals surface area contributed by atoms with Crippen LogP contribution in [0.25, 0.3) is 21.9 Å². The van der Waals surface area contributed by atoms with Crippen molar-refractivity contribution in [2.24, 2.45) is 5.92 Å². The van der Waals surface area contributed by atoms with E-state index < -0.39 is 0 Å². The second-order valence-electron chi connectivity index (χ2n) is 8.27. The Labute approximate surface area is 195 Å². The minimum absolute atomic E-state index is 0.214. The van der Waals surface area contributed by atoms with Gasteiger partial charge in [0.1, 0.15) is 28.8 Å². The van der Waals surface area contributed by atoms with Crippen LogP contribution in [0.5, 0.6) is 0 Å². The SMILES string of the molecule is CCC1CC(n2ccc3c(Cl)ncnc32)C=C1CCc1cc(F)c2cc(Cl)c(N)nc2c1. The van der Waals surface area contributed by atoms with Gasteiger partial charge in [-0.2, -0.15) is 0 Å². The zero-order valence-electron chi connectivity index (χ0n) is 17.5. The van der Waals surface area contributed by atoms with Gasteiger partial charge in [-0.25, -0.2) is 19.3 Å². The maximum absolute atomic E-state index is 14.7. The molecule has 2 N–H and O–H groups in total. The lowest BCUT2D eigenvalue weighted by molar-refractivity contribution is 0.486. The number of hydrogen-bond acceptors (Lipinski definition) is 4. The molecule has 1 aromatic carbocycles. The van der Waals surface area contributed by atoms with E-state index in [9.17, 15) is 4.39 Å². The lowest BCUT2D eigenvalue weighted by Crippen LogP contribution is -2.06. The van der Waals surface area contributed by atoms with Gasteiger partial charge in [-0.05, 0) is 61.4 Å². The number of pyridine rings is 1. The van der Waals surface area contributed by atoms with Gasteiger partial charge in [0.15, 0.2) is 0 Å². The van der Waals surface area contributed by atoms with Crippen LogP contribution in [0.3, 0.4) is 0 Å². The molecule has 3 heterocycles. The molecule has 0 radical (unpaired) electrons. The molecule has 8 heteroatoms. The molecule has 3 aromatic heterocycles. The first-order valence-corrected chi connectivity index (χ1v) is 11.4. The van der Waals surface area contributed by atoms with Crippen molar-refractivity contribution in [2.45, 2.75) is 38.6 Å². The molecule has 2 atom stereocenters. The molecule has 1 aliphatic rings. The normalized spacial score (nSPS) is 18.6. The molecule has 32 heavy (non-hydrogen) atoms. The third kappa shape index (κ3) is 3.71. The number of benzene rings is 1. The van der Waals surface area contributed by atoms with E-state index in [0.29, 0.717) is 22.0 Å². The average molecular weight is 470 g/mol. The van der Waals surface area contributed by atoms with Crippen LogP contribution in [0, 0.1) is 11.7 Å². The van der Waals surface area contributed by atoms with Gasteiger partial charge in [0.2, 0.25) is 0 Å². The number of aromatic nitrogens is 4. The molecule has 0 saturated carbocycles. The predicted molar refractivity (Wildman–Crippen MR) is 128 cm³/mol. The van der Waals surface area contributed by atoms with Crippen LogP contribution in [0.1, 0.15) is 37.8 Å². The van der Waals surface area contributed by atoms with Gasteiger partial charge in [0.05, 0.1) is 22.0 Å². The highest BCUT2D eigenvalue weighted by Gasteiger charge is 2.27. The van der Waals surface area contributed by atoms with Crippen LogP contribution in [-0.2, 0) is 6.42 Å². The molecule has 0 bridgehead atoms. The van der Waals surface area contributed by atoms with Crippen molar-refractivity contribution in [3.8, 4) is 0 Å². The molecule has 0 amide bonds. The number of nitrogens with zero attached hydrogens (tertiary/aromatic N) is 4. The monoisotopic (exact) mass is 469 g/mol. The van der Waals surface area contributed by atoms with Crippen LogP contribution in [0.2, 0.25) is 10.2 Å². The van der Waals surface area contributed by atoms with E-state index in [4.69, 9.17) is 28.9 Å². The van der Waals surface area contributed by atoms with Gasteiger partial charge >= 0.3 is 0 Å². The molecule has 5 nitrogen and oxygen atoms in total. The largest absolute Gasteiger partial charge is 0.382 e. The lowest BCUT2D eigenvalue weighted by atomic mass is 9.93. The van der Waals surface area contributed by atoms with Crippen LogP contribution >= 0.6 is 23.2 Å². The van der Waals surface area contributed by atoms with Gasteiger partial charge in [-0.1, -0.05) is 41.8 Å². The fourth-order valence-corrected chi connectivity index (χ4v) is 5.06. The fraction of sp³-hybridized carbons (Fsp3) is 0.292. The van der Waals surface area contributed by atoms with Crippen molar-refractivity contribution >= 4 is 51.0 Å². The van der Waals surface area contributed by atoms with Gasteiger partial charge in [0.25, 0.3) is 0 Å². The number of allylic oxidation sites excluding steroid dienone is 2. The summed E-state index contributed by atoms with van der Waals surface area (Å²) in [6.45, 7) is 2.21. The highest BCUT2D eigenvalue weighted by Crippen LogP contribution is 2.40. The topological polar surface area (TPSA) is 69.6 Å². The quantitative estimate of drug-likeness (QED) is 0.266. The molecule has 2 unspecified atom stereocenters. The highest BCUT2D eigenvalue weighted by atomic mass is 35.5. The van der Waals surface area contributed by atoms with E-state index >= 15 is 0 Å². The first-order valence-electron chi connectivity index (χ1n) is 10.7. The summed E-state index contributed by atoms with van der Waals surface area (Å²) in [6.07, 6.45) is 9.52. The highest BCUT2D eigenvalue weighted by molar-refractivity contribution is 6.34. The first kappa shape index (κ1) is 21.2. The summed E-state index contributed by atoms with van der Waals surface area (Å²) < 4.78 is 16.8. The number of rotatable bonds is 5. The number of aryl methyl sites for hydroxylation is 1. The second-order valence-corrected chi connectivity index (χ2v) is 9.04. The molecule has 4 aromatic rings. The summed E-state index contributed by atoms with van der Waals surface area (Å²) in [4.78, 5) is 12.8. The Morgan fingerprint density at radius 1 is 1.16 bits per heavy atom. The van der Waals surface area contributed by atoms with Crippen molar-refractivity contribution in [1.82, 2.24) is 19.5 Å². The Kier molecular flexibility index (Phi) is 5.51. The molecule has 5 rings (SSSR count). The number of nitrogens with two attached hydrogens (primary N) is 1. The van der Waals surface area contributed by atoms with E-state index in [1.165, 1.54) is 18.0 Å². The number of hydrogen-bond donors (Lipinski definition) is 1. The minimum atomic E-state index is -0.326. The van der Waals surface area contributed by atoms with E-state index in [0.717, 1.165) is 42.3 Å². The molecule has 164 valence electrons. The minimum Gasteiger partial charge on any atom is -0.382 e. The molecular formula is C24H22Cl2FN5. The Morgan fingerprint density at radius 3 is 2.81 bits per heavy atom. The summed E-state index contributed by atoms with van der Waals surface area (Å²) in [5.74, 6) is 0.367. The molecule has 0 spiro atoms. The Hall–Kier alpha value is -2.70. The molecular weight excluding hydrogens is 448 g/mol. The Bertz CT molecular complexity index is 1360. The number of anilines is 1. The van der Waals surface area contributed by atoms with Gasteiger partial charge in [-0.15, -0.1) is 0 Å². The smallest absolute Gasteiger partial charge is 0.145 e. The van der Waals surface area contributed by atoms with Gasteiger partial charge in [-0.3, -0.25) is 0 Å². The maximum Gasteiger partial charge on any atom is 0.145 e. The Balaban J connectivity index is 1.40. The van der Waals surface area contributed by atoms with Crippen molar-refractivity contribution in [1.29, 1.82) is 0 Å². The number of nitrogen functional groups attached to an aromatic ring is 1. The van der Waals surface area contributed by atoms with Crippen LogP contribution in [0.15, 0.2) is 48.4 Å². The van der Waals surface area contributed by atoms with Crippen LogP contribution in [0.4, 0.5) is 10.2 Å². The van der Waals surface area contributed by atoms with E-state index in [2.05, 4.69) is 32.5 Å². The van der Waals surface area contributed by atoms with Crippen molar-refractivity contribution in [3.05, 3.63) is 70.0 Å². The molecule has 1 aliphatic carbocycles. The summed E-state index contributed by atoms with van der Waals surface area (Å²) in [6, 6.07) is 7.19. The Morgan fingerprint density at radius 2 is 2.00 bits per heavy atom. The number of fused-ring (bicyclic) bond motifs is 2. The van der Waals surface area contributed by atoms with E-state index in [1.54, 1.807) is 6.07 Å². The van der Waals surface area contributed by atoms with Gasteiger partial charge in [0, 0.05) is 11.6 Å². The summed E-state index contributed by atoms with van der Waals surface area (Å²) in [7, 11) is 0. The summed E-state index contributed by atoms with van der Waals surface area (Å²) >= 11 is 12.2. The second kappa shape index (κ2) is 8.34. The van der Waals surface area contributed by atoms with Crippen LogP contribution in [-0.4, -0.2) is 19.5 Å². The molecule has 0 fully saturated rings.